The zero-order valence-corrected chi connectivity index (χ0v) is 11.4. The number of aliphatic hydroxyl groups is 1. The van der Waals surface area contributed by atoms with Crippen molar-refractivity contribution in [3.05, 3.63) is 72.0 Å². The molecule has 0 aliphatic carbocycles. The molecule has 106 valence electrons. The van der Waals surface area contributed by atoms with Crippen LogP contribution in [0.25, 0.3) is 0 Å². The van der Waals surface area contributed by atoms with E-state index in [1.165, 1.54) is 5.01 Å². The molecule has 1 aliphatic rings. The average molecular weight is 283 g/mol. The molecule has 0 spiro atoms. The molecule has 3 N–H and O–H groups in total. The standard InChI is InChI=1S/C15H14N4O2/c1-11-9-15(21,13-3-2-6-17-10-13)19(18-11)14(20)12-4-7-16-8-5-12/h2-10,18,21H,1H3/p+1. The van der Waals surface area contributed by atoms with E-state index >= 15 is 0 Å². The minimum absolute atomic E-state index is 0.336. The van der Waals surface area contributed by atoms with Gasteiger partial charge in [0.2, 0.25) is 5.72 Å². The molecule has 1 amide bonds. The lowest BCUT2D eigenvalue weighted by Gasteiger charge is -2.31. The number of amides is 1. The van der Waals surface area contributed by atoms with Gasteiger partial charge in [-0.05, 0) is 31.2 Å². The SMILES string of the molecule is CC1=CC(O)(c2ccc[nH+]c2)N(C(=O)c2ccncc2)N1. The Kier molecular flexibility index (Phi) is 3.15. The van der Waals surface area contributed by atoms with Crippen molar-refractivity contribution in [1.82, 2.24) is 15.4 Å². The van der Waals surface area contributed by atoms with Gasteiger partial charge in [-0.3, -0.25) is 15.2 Å². The summed E-state index contributed by atoms with van der Waals surface area (Å²) in [5.74, 6) is -0.336. The number of allylic oxidation sites excluding steroid dienone is 1. The van der Waals surface area contributed by atoms with Crippen LogP contribution in [0, 0.1) is 0 Å². The van der Waals surface area contributed by atoms with Gasteiger partial charge in [0.05, 0.1) is 5.56 Å². The quantitative estimate of drug-likeness (QED) is 0.846. The fourth-order valence-electron chi connectivity index (χ4n) is 2.32. The largest absolute Gasteiger partial charge is 0.362 e. The first-order valence-corrected chi connectivity index (χ1v) is 6.51. The fourth-order valence-corrected chi connectivity index (χ4v) is 2.32. The van der Waals surface area contributed by atoms with Gasteiger partial charge in [0.25, 0.3) is 5.91 Å². The first kappa shape index (κ1) is 13.3. The van der Waals surface area contributed by atoms with Gasteiger partial charge in [0.15, 0.2) is 12.4 Å². The molecular weight excluding hydrogens is 268 g/mol. The van der Waals surface area contributed by atoms with E-state index < -0.39 is 5.72 Å². The van der Waals surface area contributed by atoms with Crippen LogP contribution in [-0.4, -0.2) is 21.0 Å². The molecule has 0 fully saturated rings. The summed E-state index contributed by atoms with van der Waals surface area (Å²) in [6.07, 6.45) is 8.08. The van der Waals surface area contributed by atoms with Crippen molar-refractivity contribution < 1.29 is 14.9 Å². The lowest BCUT2D eigenvalue weighted by Crippen LogP contribution is -2.50. The number of pyridine rings is 2. The molecule has 3 rings (SSSR count). The normalized spacial score (nSPS) is 20.9. The molecule has 1 atom stereocenters. The van der Waals surface area contributed by atoms with Crippen LogP contribution in [0.15, 0.2) is 60.8 Å². The summed E-state index contributed by atoms with van der Waals surface area (Å²) in [6.45, 7) is 1.79. The Balaban J connectivity index is 2.01. The minimum Gasteiger partial charge on any atom is -0.362 e. The van der Waals surface area contributed by atoms with E-state index in [1.807, 2.05) is 0 Å². The van der Waals surface area contributed by atoms with Gasteiger partial charge in [0, 0.05) is 29.7 Å². The van der Waals surface area contributed by atoms with Crippen LogP contribution in [0.2, 0.25) is 0 Å². The number of nitrogens with zero attached hydrogens (tertiary/aromatic N) is 2. The first-order valence-electron chi connectivity index (χ1n) is 6.51. The van der Waals surface area contributed by atoms with E-state index in [0.29, 0.717) is 16.8 Å². The summed E-state index contributed by atoms with van der Waals surface area (Å²) < 4.78 is 0. The molecular formula is C15H15N4O2+. The monoisotopic (exact) mass is 283 g/mol. The fraction of sp³-hybridized carbons (Fsp3) is 0.133. The third-order valence-corrected chi connectivity index (χ3v) is 3.31. The predicted molar refractivity (Wildman–Crippen MR) is 74.2 cm³/mol. The number of hydrogen-bond donors (Lipinski definition) is 2. The van der Waals surface area contributed by atoms with E-state index in [1.54, 1.807) is 62.1 Å². The maximum Gasteiger partial charge on any atom is 0.275 e. The molecule has 2 aromatic rings. The van der Waals surface area contributed by atoms with Gasteiger partial charge in [-0.2, -0.15) is 0 Å². The zero-order valence-electron chi connectivity index (χ0n) is 11.4. The number of hydrogen-bond acceptors (Lipinski definition) is 4. The molecule has 0 radical (unpaired) electrons. The highest BCUT2D eigenvalue weighted by atomic mass is 16.3. The number of aromatic amines is 1. The summed E-state index contributed by atoms with van der Waals surface area (Å²) in [5.41, 5.74) is 3.07. The summed E-state index contributed by atoms with van der Waals surface area (Å²) in [6, 6.07) is 6.73. The Bertz CT molecular complexity index is 687. The molecule has 0 saturated heterocycles. The number of nitrogens with one attached hydrogen (secondary N) is 2. The summed E-state index contributed by atoms with van der Waals surface area (Å²) in [5, 5.41) is 12.2. The van der Waals surface area contributed by atoms with Crippen LogP contribution in [0.1, 0.15) is 22.8 Å². The number of carbonyl (C=O) groups excluding carboxylic acids is 1. The Morgan fingerprint density at radius 1 is 1.38 bits per heavy atom. The molecule has 1 unspecified atom stereocenters. The predicted octanol–water partition coefficient (Wildman–Crippen LogP) is 0.605. The van der Waals surface area contributed by atoms with Crippen LogP contribution in [0.5, 0.6) is 0 Å². The van der Waals surface area contributed by atoms with Gasteiger partial charge in [0.1, 0.15) is 0 Å². The summed E-state index contributed by atoms with van der Waals surface area (Å²) >= 11 is 0. The number of aromatic nitrogens is 2. The molecule has 6 heteroatoms. The smallest absolute Gasteiger partial charge is 0.275 e. The minimum atomic E-state index is -1.54. The maximum atomic E-state index is 12.6. The van der Waals surface area contributed by atoms with Crippen LogP contribution in [0.4, 0.5) is 0 Å². The van der Waals surface area contributed by atoms with Gasteiger partial charge < -0.3 is 5.11 Å². The summed E-state index contributed by atoms with van der Waals surface area (Å²) in [7, 11) is 0. The van der Waals surface area contributed by atoms with E-state index in [2.05, 4.69) is 15.4 Å². The van der Waals surface area contributed by atoms with Crippen molar-refractivity contribution in [2.45, 2.75) is 12.6 Å². The van der Waals surface area contributed by atoms with Crippen molar-refractivity contribution in [2.75, 3.05) is 0 Å². The average Bonchev–Trinajstić information content (AvgIpc) is 2.84. The number of carbonyl (C=O) groups is 1. The Morgan fingerprint density at radius 3 is 2.81 bits per heavy atom. The van der Waals surface area contributed by atoms with Crippen molar-refractivity contribution in [1.29, 1.82) is 0 Å². The van der Waals surface area contributed by atoms with Crippen molar-refractivity contribution in [3.8, 4) is 0 Å². The van der Waals surface area contributed by atoms with Crippen LogP contribution in [-0.2, 0) is 5.72 Å². The second kappa shape index (κ2) is 4.99. The Labute approximate surface area is 121 Å². The topological polar surface area (TPSA) is 79.6 Å². The van der Waals surface area contributed by atoms with Crippen LogP contribution < -0.4 is 10.4 Å². The Hall–Kier alpha value is -2.73. The molecule has 0 saturated carbocycles. The third kappa shape index (κ3) is 2.25. The second-order valence-electron chi connectivity index (χ2n) is 4.83. The highest BCUT2D eigenvalue weighted by Gasteiger charge is 2.44. The maximum absolute atomic E-state index is 12.6. The molecule has 6 nitrogen and oxygen atoms in total. The lowest BCUT2D eigenvalue weighted by atomic mass is 10.0. The Morgan fingerprint density at radius 2 is 2.14 bits per heavy atom. The van der Waals surface area contributed by atoms with E-state index in [9.17, 15) is 9.90 Å². The molecule has 21 heavy (non-hydrogen) atoms. The van der Waals surface area contributed by atoms with Gasteiger partial charge in [-0.15, -0.1) is 0 Å². The zero-order chi connectivity index (χ0) is 14.9. The first-order chi connectivity index (χ1) is 10.1. The number of rotatable bonds is 2. The van der Waals surface area contributed by atoms with Crippen molar-refractivity contribution >= 4 is 5.91 Å². The highest BCUT2D eigenvalue weighted by molar-refractivity contribution is 5.94. The van der Waals surface area contributed by atoms with Gasteiger partial charge >= 0.3 is 0 Å². The third-order valence-electron chi connectivity index (χ3n) is 3.31. The van der Waals surface area contributed by atoms with Crippen molar-refractivity contribution in [3.63, 3.8) is 0 Å². The van der Waals surface area contributed by atoms with Crippen LogP contribution >= 0.6 is 0 Å². The second-order valence-corrected chi connectivity index (χ2v) is 4.83. The molecule has 0 aromatic carbocycles. The number of H-pyrrole nitrogens is 1. The van der Waals surface area contributed by atoms with Crippen molar-refractivity contribution in [2.24, 2.45) is 0 Å². The van der Waals surface area contributed by atoms with Gasteiger partial charge in [-0.1, -0.05) is 0 Å². The molecule has 1 aliphatic heterocycles. The molecule has 3 heterocycles. The van der Waals surface area contributed by atoms with E-state index in [-0.39, 0.29) is 5.91 Å². The van der Waals surface area contributed by atoms with E-state index in [0.717, 1.165) is 0 Å². The number of hydrazine groups is 1. The van der Waals surface area contributed by atoms with E-state index in [4.69, 9.17) is 0 Å². The van der Waals surface area contributed by atoms with Crippen LogP contribution in [0.3, 0.4) is 0 Å². The molecule has 2 aromatic heterocycles. The summed E-state index contributed by atoms with van der Waals surface area (Å²) in [4.78, 5) is 19.4. The lowest BCUT2D eigenvalue weighted by molar-refractivity contribution is -0.380. The molecule has 0 bridgehead atoms. The van der Waals surface area contributed by atoms with Gasteiger partial charge in [-0.25, -0.2) is 9.99 Å². The highest BCUT2D eigenvalue weighted by Crippen LogP contribution is 2.32.